The Hall–Kier alpha value is -1.14. The minimum absolute atomic E-state index is 0.0471. The van der Waals surface area contributed by atoms with Crippen LogP contribution < -0.4 is 0 Å². The molecule has 4 aliphatic rings. The maximum Gasteiger partial charge on any atom is 0.251 e. The summed E-state index contributed by atoms with van der Waals surface area (Å²) in [5.41, 5.74) is 0. The maximum atomic E-state index is 13.1. The van der Waals surface area contributed by atoms with Crippen molar-refractivity contribution in [1.82, 2.24) is 9.80 Å². The lowest BCUT2D eigenvalue weighted by atomic mass is 9.79. The zero-order chi connectivity index (χ0) is 19.1. The molecule has 0 saturated carbocycles. The van der Waals surface area contributed by atoms with Crippen LogP contribution in [0.1, 0.15) is 52.4 Å². The molecule has 4 saturated heterocycles. The molecule has 4 fully saturated rings. The van der Waals surface area contributed by atoms with Gasteiger partial charge in [-0.1, -0.05) is 13.8 Å². The summed E-state index contributed by atoms with van der Waals surface area (Å²) in [5, 5.41) is 9.98. The summed E-state index contributed by atoms with van der Waals surface area (Å²) in [6, 6.07) is 0. The smallest absolute Gasteiger partial charge is 0.251 e. The zero-order valence-corrected chi connectivity index (χ0v) is 16.7. The van der Waals surface area contributed by atoms with Crippen molar-refractivity contribution in [2.45, 2.75) is 70.7 Å². The molecule has 2 amide bonds. The van der Waals surface area contributed by atoms with E-state index in [1.54, 1.807) is 4.90 Å². The van der Waals surface area contributed by atoms with Crippen LogP contribution >= 0.6 is 0 Å². The summed E-state index contributed by atoms with van der Waals surface area (Å²) in [7, 11) is 0. The Morgan fingerprint density at radius 2 is 1.59 bits per heavy atom. The summed E-state index contributed by atoms with van der Waals surface area (Å²) in [4.78, 5) is 29.2. The molecule has 152 valence electrons. The fraction of sp³-hybridized carbons (Fsp3) is 0.905. The first-order chi connectivity index (χ1) is 12.9. The van der Waals surface area contributed by atoms with Crippen LogP contribution in [0.5, 0.6) is 0 Å². The number of carbonyl (C=O) groups is 2. The third kappa shape index (κ3) is 3.88. The van der Waals surface area contributed by atoms with Gasteiger partial charge >= 0.3 is 0 Å². The highest BCUT2D eigenvalue weighted by Gasteiger charge is 2.43. The van der Waals surface area contributed by atoms with Gasteiger partial charge in [0.2, 0.25) is 5.91 Å². The molecule has 2 unspecified atom stereocenters. The topological polar surface area (TPSA) is 70.1 Å². The van der Waals surface area contributed by atoms with Crippen molar-refractivity contribution in [2.24, 2.45) is 23.7 Å². The lowest BCUT2D eigenvalue weighted by Gasteiger charge is -2.47. The van der Waals surface area contributed by atoms with Crippen molar-refractivity contribution in [3.8, 4) is 0 Å². The van der Waals surface area contributed by atoms with E-state index in [2.05, 4.69) is 4.90 Å². The minimum Gasteiger partial charge on any atom is -0.383 e. The number of ether oxygens (including phenoxy) is 1. The molecule has 27 heavy (non-hydrogen) atoms. The first kappa shape index (κ1) is 19.2. The molecule has 6 nitrogen and oxygen atoms in total. The van der Waals surface area contributed by atoms with Gasteiger partial charge in [-0.3, -0.25) is 9.59 Å². The lowest BCUT2D eigenvalue weighted by molar-refractivity contribution is -0.153. The summed E-state index contributed by atoms with van der Waals surface area (Å²) in [6.07, 6.45) is 5.95. The van der Waals surface area contributed by atoms with Crippen LogP contribution in [-0.4, -0.2) is 71.2 Å². The average Bonchev–Trinajstić information content (AvgIpc) is 2.97. The van der Waals surface area contributed by atoms with E-state index in [0.29, 0.717) is 30.0 Å². The van der Waals surface area contributed by atoms with E-state index >= 15 is 0 Å². The van der Waals surface area contributed by atoms with Gasteiger partial charge in [-0.25, -0.2) is 0 Å². The standard InChI is InChI=1S/C21H34N2O4/c1-13(2)19(24)21(26)23-11-16(12-23)14-4-3-7-22(10-14)20(25)15-8-17-5-6-18(9-15)27-17/h13-19,24H,3-12H2,1-2H3/t14?,15?,17-,18+,19-/m1/s1. The summed E-state index contributed by atoms with van der Waals surface area (Å²) >= 11 is 0. The van der Waals surface area contributed by atoms with Gasteiger partial charge < -0.3 is 19.6 Å². The van der Waals surface area contributed by atoms with Gasteiger partial charge in [-0.15, -0.1) is 0 Å². The molecule has 4 aliphatic heterocycles. The Labute approximate surface area is 162 Å². The second-order valence-corrected chi connectivity index (χ2v) is 9.50. The van der Waals surface area contributed by atoms with Crippen LogP contribution in [-0.2, 0) is 14.3 Å². The molecule has 0 aromatic carbocycles. The summed E-state index contributed by atoms with van der Waals surface area (Å²) in [5.74, 6) is 1.25. The Kier molecular flexibility index (Phi) is 5.48. The number of hydrogen-bond acceptors (Lipinski definition) is 4. The molecule has 0 aliphatic carbocycles. The number of rotatable bonds is 4. The Morgan fingerprint density at radius 3 is 2.22 bits per heavy atom. The second kappa shape index (κ2) is 7.70. The fourth-order valence-electron chi connectivity index (χ4n) is 5.38. The number of likely N-dealkylation sites (tertiary alicyclic amines) is 2. The van der Waals surface area contributed by atoms with Crippen LogP contribution in [0.4, 0.5) is 0 Å². The second-order valence-electron chi connectivity index (χ2n) is 9.50. The molecule has 0 radical (unpaired) electrons. The number of aliphatic hydroxyl groups is 1. The van der Waals surface area contributed by atoms with E-state index < -0.39 is 6.10 Å². The van der Waals surface area contributed by atoms with Gasteiger partial charge in [0.05, 0.1) is 12.2 Å². The van der Waals surface area contributed by atoms with Crippen molar-refractivity contribution in [3.05, 3.63) is 0 Å². The van der Waals surface area contributed by atoms with Crippen molar-refractivity contribution in [1.29, 1.82) is 0 Å². The summed E-state index contributed by atoms with van der Waals surface area (Å²) < 4.78 is 5.89. The van der Waals surface area contributed by atoms with Crippen molar-refractivity contribution >= 4 is 11.8 Å². The highest BCUT2D eigenvalue weighted by molar-refractivity contribution is 5.81. The lowest BCUT2D eigenvalue weighted by Crippen LogP contribution is -2.58. The van der Waals surface area contributed by atoms with E-state index in [9.17, 15) is 14.7 Å². The quantitative estimate of drug-likeness (QED) is 0.808. The fourth-order valence-corrected chi connectivity index (χ4v) is 5.38. The zero-order valence-electron chi connectivity index (χ0n) is 16.7. The molecule has 6 heteroatoms. The van der Waals surface area contributed by atoms with Crippen LogP contribution in [0, 0.1) is 23.7 Å². The predicted molar refractivity (Wildman–Crippen MR) is 101 cm³/mol. The minimum atomic E-state index is -0.890. The molecule has 2 bridgehead atoms. The SMILES string of the molecule is CC(C)[C@@H](O)C(=O)N1CC(C2CCCN(C(=O)C3C[C@H]4CC[C@@H](C3)O4)C2)C1. The Morgan fingerprint density at radius 1 is 0.963 bits per heavy atom. The van der Waals surface area contributed by atoms with Gasteiger partial charge in [-0.05, 0) is 56.3 Å². The number of amides is 2. The van der Waals surface area contributed by atoms with E-state index in [1.165, 1.54) is 0 Å². The Balaban J connectivity index is 1.28. The number of piperidine rings is 1. The highest BCUT2D eigenvalue weighted by atomic mass is 16.5. The van der Waals surface area contributed by atoms with E-state index in [-0.39, 0.29) is 17.7 Å². The predicted octanol–water partition coefficient (Wildman–Crippen LogP) is 1.66. The highest BCUT2D eigenvalue weighted by Crippen LogP contribution is 2.38. The maximum absolute atomic E-state index is 13.1. The van der Waals surface area contributed by atoms with Crippen LogP contribution in [0.2, 0.25) is 0 Å². The third-order valence-corrected chi connectivity index (χ3v) is 7.18. The van der Waals surface area contributed by atoms with E-state index in [4.69, 9.17) is 4.74 Å². The first-order valence-corrected chi connectivity index (χ1v) is 10.8. The molecule has 0 aromatic heterocycles. The number of carbonyl (C=O) groups excluding carboxylic acids is 2. The molecule has 0 spiro atoms. The number of fused-ring (bicyclic) bond motifs is 2. The van der Waals surface area contributed by atoms with Crippen LogP contribution in [0.3, 0.4) is 0 Å². The average molecular weight is 379 g/mol. The molecule has 0 aromatic rings. The van der Waals surface area contributed by atoms with Gasteiger partial charge in [0.15, 0.2) is 0 Å². The molecular formula is C21H34N2O4. The van der Waals surface area contributed by atoms with Crippen LogP contribution in [0.15, 0.2) is 0 Å². The Bertz CT molecular complexity index is 563. The van der Waals surface area contributed by atoms with Gasteiger partial charge in [0.25, 0.3) is 5.91 Å². The van der Waals surface area contributed by atoms with Gasteiger partial charge in [-0.2, -0.15) is 0 Å². The monoisotopic (exact) mass is 378 g/mol. The van der Waals surface area contributed by atoms with Crippen molar-refractivity contribution in [2.75, 3.05) is 26.2 Å². The van der Waals surface area contributed by atoms with E-state index in [0.717, 1.165) is 64.7 Å². The first-order valence-electron chi connectivity index (χ1n) is 10.8. The largest absolute Gasteiger partial charge is 0.383 e. The van der Waals surface area contributed by atoms with Gasteiger partial charge in [0, 0.05) is 32.1 Å². The van der Waals surface area contributed by atoms with Gasteiger partial charge in [0.1, 0.15) is 6.10 Å². The number of aliphatic hydroxyl groups excluding tert-OH is 1. The molecular weight excluding hydrogens is 344 g/mol. The number of nitrogens with zero attached hydrogens (tertiary/aromatic N) is 2. The molecule has 5 atom stereocenters. The molecule has 4 heterocycles. The molecule has 1 N–H and O–H groups in total. The van der Waals surface area contributed by atoms with Crippen LogP contribution in [0.25, 0.3) is 0 Å². The summed E-state index contributed by atoms with van der Waals surface area (Å²) in [6.45, 7) is 6.92. The normalized spacial score (nSPS) is 35.3. The molecule has 4 rings (SSSR count). The van der Waals surface area contributed by atoms with Crippen molar-refractivity contribution < 1.29 is 19.4 Å². The number of hydrogen-bond donors (Lipinski definition) is 1. The third-order valence-electron chi connectivity index (χ3n) is 7.18. The van der Waals surface area contributed by atoms with Crippen molar-refractivity contribution in [3.63, 3.8) is 0 Å². The van der Waals surface area contributed by atoms with E-state index in [1.807, 2.05) is 13.8 Å².